The molecule has 1 saturated heterocycles. The molecule has 0 aromatic carbocycles. The third-order valence-electron chi connectivity index (χ3n) is 6.20. The summed E-state index contributed by atoms with van der Waals surface area (Å²) in [6.07, 6.45) is 11.1. The van der Waals surface area contributed by atoms with E-state index < -0.39 is 0 Å². The normalized spacial score (nSPS) is 47.8. The number of hydrogen-bond donors (Lipinski definition) is 1. The summed E-state index contributed by atoms with van der Waals surface area (Å²) in [4.78, 5) is 12.4. The van der Waals surface area contributed by atoms with Crippen molar-refractivity contribution in [1.82, 2.24) is 5.32 Å². The van der Waals surface area contributed by atoms with Crippen LogP contribution in [0.3, 0.4) is 0 Å². The Balaban J connectivity index is 1.36. The Kier molecular flexibility index (Phi) is 3.61. The van der Waals surface area contributed by atoms with Gasteiger partial charge in [-0.2, -0.15) is 0 Å². The molecule has 1 amide bonds. The lowest BCUT2D eigenvalue weighted by Crippen LogP contribution is -2.54. The number of carbonyl (C=O) groups excluding carboxylic acids is 1. The van der Waals surface area contributed by atoms with Gasteiger partial charge < -0.3 is 10.1 Å². The monoisotopic (exact) mass is 355 g/mol. The molecule has 4 heteroatoms. The number of amides is 1. The number of ether oxygens (including phenoxy) is 1. The Labute approximate surface area is 135 Å². The van der Waals surface area contributed by atoms with Gasteiger partial charge in [0.2, 0.25) is 5.91 Å². The Morgan fingerprint density at radius 1 is 1.24 bits per heavy atom. The van der Waals surface area contributed by atoms with Gasteiger partial charge in [0.25, 0.3) is 0 Å². The van der Waals surface area contributed by atoms with E-state index in [0.29, 0.717) is 10.9 Å². The van der Waals surface area contributed by atoms with E-state index in [4.69, 9.17) is 4.74 Å². The molecule has 5 rings (SSSR count). The first kappa shape index (κ1) is 14.5. The number of hydrogen-bond acceptors (Lipinski definition) is 2. The Morgan fingerprint density at radius 2 is 2.00 bits per heavy atom. The Bertz CT molecular complexity index is 419. The number of carbonyl (C=O) groups is 1. The number of nitrogens with one attached hydrogen (secondary N) is 1. The molecule has 5 fully saturated rings. The highest BCUT2D eigenvalue weighted by atomic mass is 79.9. The largest absolute Gasteiger partial charge is 0.376 e. The molecule has 0 spiro atoms. The lowest BCUT2D eigenvalue weighted by atomic mass is 9.48. The minimum absolute atomic E-state index is 0.253. The highest BCUT2D eigenvalue weighted by molar-refractivity contribution is 9.10. The first-order chi connectivity index (χ1) is 10.0. The highest BCUT2D eigenvalue weighted by Gasteiger charge is 2.57. The molecule has 4 saturated carbocycles. The molecular formula is C17H26BrNO2. The van der Waals surface area contributed by atoms with E-state index in [-0.39, 0.29) is 17.4 Å². The first-order valence-corrected chi connectivity index (χ1v) is 9.41. The Hall–Kier alpha value is -0.0900. The highest BCUT2D eigenvalue weighted by Crippen LogP contribution is 2.65. The molecule has 21 heavy (non-hydrogen) atoms. The van der Waals surface area contributed by atoms with E-state index >= 15 is 0 Å². The van der Waals surface area contributed by atoms with Crippen molar-refractivity contribution in [2.45, 2.75) is 68.2 Å². The second-order valence-electron chi connectivity index (χ2n) is 8.23. The smallest absolute Gasteiger partial charge is 0.220 e. The van der Waals surface area contributed by atoms with Crippen molar-refractivity contribution in [2.24, 2.45) is 17.3 Å². The molecule has 118 valence electrons. The van der Waals surface area contributed by atoms with Crippen LogP contribution in [0.15, 0.2) is 0 Å². The van der Waals surface area contributed by atoms with Crippen LogP contribution in [0.5, 0.6) is 0 Å². The molecule has 0 aromatic heterocycles. The van der Waals surface area contributed by atoms with Gasteiger partial charge in [-0.15, -0.1) is 0 Å². The first-order valence-electron chi connectivity index (χ1n) is 8.62. The fourth-order valence-electron chi connectivity index (χ4n) is 5.98. The molecule has 0 radical (unpaired) electrons. The molecule has 1 N–H and O–H groups in total. The fourth-order valence-corrected chi connectivity index (χ4v) is 7.49. The maximum absolute atomic E-state index is 12.4. The van der Waals surface area contributed by atoms with Crippen LogP contribution < -0.4 is 5.32 Å². The van der Waals surface area contributed by atoms with Crippen molar-refractivity contribution >= 4 is 21.8 Å². The van der Waals surface area contributed by atoms with Gasteiger partial charge in [0.1, 0.15) is 0 Å². The average molecular weight is 356 g/mol. The summed E-state index contributed by atoms with van der Waals surface area (Å²) in [5, 5.41) is 3.13. The van der Waals surface area contributed by atoms with Crippen molar-refractivity contribution in [3.63, 3.8) is 0 Å². The Morgan fingerprint density at radius 3 is 2.62 bits per heavy atom. The zero-order valence-corrected chi connectivity index (χ0v) is 14.3. The molecule has 0 aromatic rings. The average Bonchev–Trinajstić information content (AvgIpc) is 2.85. The molecule has 4 bridgehead atoms. The van der Waals surface area contributed by atoms with E-state index in [9.17, 15) is 4.79 Å². The van der Waals surface area contributed by atoms with Gasteiger partial charge >= 0.3 is 0 Å². The number of rotatable bonds is 4. The second kappa shape index (κ2) is 5.23. The minimum atomic E-state index is 0.253. The summed E-state index contributed by atoms with van der Waals surface area (Å²) in [6.45, 7) is 1.57. The lowest BCUT2D eigenvalue weighted by molar-refractivity contribution is -0.128. The molecule has 1 heterocycles. The SMILES string of the molecule is O=C(CC12C[C@@H]3C[C@H](CC(Br)(C3)C1)C2)NC[C@H]1CCCO1. The summed E-state index contributed by atoms with van der Waals surface area (Å²) in [5.74, 6) is 1.97. The third kappa shape index (κ3) is 2.90. The van der Waals surface area contributed by atoms with Gasteiger partial charge in [0.05, 0.1) is 6.10 Å². The van der Waals surface area contributed by atoms with Gasteiger partial charge in [0, 0.05) is 23.9 Å². The van der Waals surface area contributed by atoms with E-state index in [1.54, 1.807) is 0 Å². The fraction of sp³-hybridized carbons (Fsp3) is 0.941. The maximum atomic E-state index is 12.4. The summed E-state index contributed by atoms with van der Waals surface area (Å²) < 4.78 is 5.94. The van der Waals surface area contributed by atoms with Crippen LogP contribution in [0.25, 0.3) is 0 Å². The van der Waals surface area contributed by atoms with Crippen LogP contribution in [0.1, 0.15) is 57.8 Å². The topological polar surface area (TPSA) is 38.3 Å². The minimum Gasteiger partial charge on any atom is -0.376 e. The zero-order valence-electron chi connectivity index (χ0n) is 12.7. The summed E-state index contributed by atoms with van der Waals surface area (Å²) in [5.41, 5.74) is 0.286. The van der Waals surface area contributed by atoms with Crippen molar-refractivity contribution < 1.29 is 9.53 Å². The van der Waals surface area contributed by atoms with Gasteiger partial charge in [-0.25, -0.2) is 0 Å². The van der Waals surface area contributed by atoms with Crippen LogP contribution in [0, 0.1) is 17.3 Å². The van der Waals surface area contributed by atoms with Crippen molar-refractivity contribution in [1.29, 1.82) is 0 Å². The summed E-state index contributed by atoms with van der Waals surface area (Å²) in [6, 6.07) is 0. The lowest BCUT2D eigenvalue weighted by Gasteiger charge is -2.60. The van der Waals surface area contributed by atoms with Gasteiger partial charge in [-0.3, -0.25) is 4.79 Å². The van der Waals surface area contributed by atoms with E-state index in [1.165, 1.54) is 38.5 Å². The third-order valence-corrected chi connectivity index (χ3v) is 7.13. The zero-order chi connectivity index (χ0) is 14.5. The number of halogens is 1. The summed E-state index contributed by atoms with van der Waals surface area (Å²) in [7, 11) is 0. The maximum Gasteiger partial charge on any atom is 0.220 e. The van der Waals surface area contributed by atoms with Crippen molar-refractivity contribution in [3.8, 4) is 0 Å². The van der Waals surface area contributed by atoms with Crippen LogP contribution in [-0.2, 0) is 9.53 Å². The van der Waals surface area contributed by atoms with Crippen molar-refractivity contribution in [2.75, 3.05) is 13.2 Å². The molecule has 0 unspecified atom stereocenters. The molecule has 5 aliphatic rings. The van der Waals surface area contributed by atoms with Gasteiger partial charge in [0.15, 0.2) is 0 Å². The van der Waals surface area contributed by atoms with Gasteiger partial charge in [-0.1, -0.05) is 15.9 Å². The van der Waals surface area contributed by atoms with Gasteiger partial charge in [-0.05, 0) is 68.6 Å². The summed E-state index contributed by atoms with van der Waals surface area (Å²) >= 11 is 4.02. The van der Waals surface area contributed by atoms with E-state index in [2.05, 4.69) is 21.2 Å². The standard InChI is InChI=1S/C17H26BrNO2/c18-17-7-12-4-13(8-17)6-16(5-12,11-17)9-15(20)19-10-14-2-1-3-21-14/h12-14H,1-11H2,(H,19,20)/t12-,13-,14+,16?,17?/m0/s1. The molecule has 4 aliphatic carbocycles. The molecule has 1 aliphatic heterocycles. The quantitative estimate of drug-likeness (QED) is 0.784. The number of alkyl halides is 1. The predicted octanol–water partition coefficient (Wildman–Crippen LogP) is 3.41. The van der Waals surface area contributed by atoms with Crippen LogP contribution in [-0.4, -0.2) is 29.5 Å². The predicted molar refractivity (Wildman–Crippen MR) is 85.4 cm³/mol. The molecule has 3 nitrogen and oxygen atoms in total. The molecular weight excluding hydrogens is 330 g/mol. The van der Waals surface area contributed by atoms with Crippen LogP contribution >= 0.6 is 15.9 Å². The van der Waals surface area contributed by atoms with Crippen molar-refractivity contribution in [3.05, 3.63) is 0 Å². The van der Waals surface area contributed by atoms with Crippen LogP contribution in [0.4, 0.5) is 0 Å². The van der Waals surface area contributed by atoms with E-state index in [0.717, 1.165) is 37.7 Å². The van der Waals surface area contributed by atoms with Crippen LogP contribution in [0.2, 0.25) is 0 Å². The second-order valence-corrected chi connectivity index (χ2v) is 9.91. The molecule has 3 atom stereocenters. The van der Waals surface area contributed by atoms with E-state index in [1.807, 2.05) is 0 Å².